The van der Waals surface area contributed by atoms with Crippen molar-refractivity contribution in [2.75, 3.05) is 12.4 Å². The maximum absolute atomic E-state index is 11.9. The zero-order valence-corrected chi connectivity index (χ0v) is 14.3. The molecule has 1 heterocycles. The number of benzene rings is 1. The number of carbonyl (C=O) groups excluding carboxylic acids is 1. The van der Waals surface area contributed by atoms with E-state index in [0.717, 1.165) is 10.2 Å². The van der Waals surface area contributed by atoms with E-state index < -0.39 is 6.10 Å². The molecule has 0 bridgehead atoms. The molecule has 0 aliphatic heterocycles. The van der Waals surface area contributed by atoms with E-state index in [2.05, 4.69) is 41.3 Å². The van der Waals surface area contributed by atoms with Gasteiger partial charge in [0.2, 0.25) is 5.91 Å². The van der Waals surface area contributed by atoms with Crippen molar-refractivity contribution in [3.05, 3.63) is 23.8 Å². The summed E-state index contributed by atoms with van der Waals surface area (Å²) in [4.78, 5) is 20.5. The summed E-state index contributed by atoms with van der Waals surface area (Å²) in [5.41, 5.74) is 2.08. The molecular weight excluding hydrogens is 310 g/mol. The van der Waals surface area contributed by atoms with Crippen LogP contribution >= 0.6 is 11.3 Å². The fraction of sp³-hybridized carbons (Fsp3) is 0.471. The summed E-state index contributed by atoms with van der Waals surface area (Å²) >= 11 is 1.46. The van der Waals surface area contributed by atoms with Gasteiger partial charge < -0.3 is 15.4 Å². The van der Waals surface area contributed by atoms with Crippen LogP contribution in [0.1, 0.15) is 31.7 Å². The summed E-state index contributed by atoms with van der Waals surface area (Å²) in [6, 6.07) is 6.19. The quantitative estimate of drug-likeness (QED) is 0.827. The SMILES string of the molecule is C/N=C\C(c1ccc2nc(NC(=O)[C@@H]3C[C@@H]3O)sc2c1)C(C)C. The van der Waals surface area contributed by atoms with Crippen molar-refractivity contribution in [2.24, 2.45) is 16.8 Å². The Morgan fingerprint density at radius 1 is 1.52 bits per heavy atom. The summed E-state index contributed by atoms with van der Waals surface area (Å²) in [5.74, 6) is 0.310. The van der Waals surface area contributed by atoms with E-state index in [4.69, 9.17) is 0 Å². The van der Waals surface area contributed by atoms with Gasteiger partial charge in [0.05, 0.1) is 22.2 Å². The number of aromatic nitrogens is 1. The Morgan fingerprint density at radius 2 is 2.26 bits per heavy atom. The summed E-state index contributed by atoms with van der Waals surface area (Å²) in [6.07, 6.45) is 2.04. The lowest BCUT2D eigenvalue weighted by Gasteiger charge is -2.16. The molecule has 1 aliphatic rings. The van der Waals surface area contributed by atoms with Crippen LogP contribution in [0, 0.1) is 11.8 Å². The lowest BCUT2D eigenvalue weighted by Crippen LogP contribution is -2.15. The maximum atomic E-state index is 11.9. The van der Waals surface area contributed by atoms with Crippen molar-refractivity contribution in [3.8, 4) is 0 Å². The highest BCUT2D eigenvalue weighted by molar-refractivity contribution is 7.22. The van der Waals surface area contributed by atoms with Crippen molar-refractivity contribution in [1.29, 1.82) is 0 Å². The second-order valence-corrected chi connectivity index (χ2v) is 7.35. The van der Waals surface area contributed by atoms with Gasteiger partial charge in [0.15, 0.2) is 5.13 Å². The fourth-order valence-corrected chi connectivity index (χ4v) is 3.58. The standard InChI is InChI=1S/C17H21N3O2S/c1-9(2)12(8-18-3)10-4-5-13-15(6-10)23-17(19-13)20-16(22)11-7-14(11)21/h4-6,8-9,11-12,14,21H,7H2,1-3H3,(H,19,20,22)/b18-8-/t11-,12?,14+/m1/s1. The first-order valence-electron chi connectivity index (χ1n) is 7.81. The van der Waals surface area contributed by atoms with Gasteiger partial charge >= 0.3 is 0 Å². The Balaban J connectivity index is 1.84. The van der Waals surface area contributed by atoms with Crippen molar-refractivity contribution in [2.45, 2.75) is 32.3 Å². The number of amides is 1. The molecule has 1 unspecified atom stereocenters. The average molecular weight is 331 g/mol. The van der Waals surface area contributed by atoms with E-state index in [1.807, 2.05) is 12.3 Å². The molecule has 3 atom stereocenters. The Kier molecular flexibility index (Phi) is 4.46. The normalized spacial score (nSPS) is 22.0. The summed E-state index contributed by atoms with van der Waals surface area (Å²) < 4.78 is 1.05. The molecular formula is C17H21N3O2S. The molecule has 0 spiro atoms. The van der Waals surface area contributed by atoms with Crippen LogP contribution in [0.25, 0.3) is 10.2 Å². The monoisotopic (exact) mass is 331 g/mol. The Bertz CT molecular complexity index is 753. The Morgan fingerprint density at radius 3 is 2.87 bits per heavy atom. The highest BCUT2D eigenvalue weighted by atomic mass is 32.1. The minimum absolute atomic E-state index is 0.144. The van der Waals surface area contributed by atoms with Gasteiger partial charge in [-0.05, 0) is 30.0 Å². The second kappa shape index (κ2) is 6.37. The van der Waals surface area contributed by atoms with Crippen molar-refractivity contribution >= 4 is 38.8 Å². The van der Waals surface area contributed by atoms with E-state index in [1.165, 1.54) is 16.9 Å². The maximum Gasteiger partial charge on any atom is 0.231 e. The minimum Gasteiger partial charge on any atom is -0.392 e. The van der Waals surface area contributed by atoms with Gasteiger partial charge in [0, 0.05) is 19.2 Å². The number of carbonyl (C=O) groups is 1. The molecule has 0 saturated heterocycles. The summed E-state index contributed by atoms with van der Waals surface area (Å²) in [5, 5.41) is 12.7. The van der Waals surface area contributed by atoms with Crippen molar-refractivity contribution < 1.29 is 9.90 Å². The molecule has 3 rings (SSSR count). The minimum atomic E-state index is -0.490. The van der Waals surface area contributed by atoms with E-state index in [-0.39, 0.29) is 17.7 Å². The van der Waals surface area contributed by atoms with Crippen LogP contribution in [-0.2, 0) is 4.79 Å². The van der Waals surface area contributed by atoms with Crippen LogP contribution in [0.5, 0.6) is 0 Å². The number of aliphatic hydroxyl groups excluding tert-OH is 1. The molecule has 1 aromatic carbocycles. The van der Waals surface area contributed by atoms with Gasteiger partial charge in [-0.15, -0.1) is 0 Å². The number of anilines is 1. The van der Waals surface area contributed by atoms with E-state index in [0.29, 0.717) is 17.5 Å². The zero-order valence-electron chi connectivity index (χ0n) is 13.5. The predicted molar refractivity (Wildman–Crippen MR) is 94.4 cm³/mol. The number of nitrogens with one attached hydrogen (secondary N) is 1. The summed E-state index contributed by atoms with van der Waals surface area (Å²) in [7, 11) is 1.79. The van der Waals surface area contributed by atoms with Crippen LogP contribution in [-0.4, -0.2) is 35.4 Å². The van der Waals surface area contributed by atoms with Crippen molar-refractivity contribution in [3.63, 3.8) is 0 Å². The van der Waals surface area contributed by atoms with Crippen LogP contribution in [0.4, 0.5) is 5.13 Å². The molecule has 1 aromatic heterocycles. The van der Waals surface area contributed by atoms with Crippen LogP contribution in [0.2, 0.25) is 0 Å². The molecule has 2 N–H and O–H groups in total. The highest BCUT2D eigenvalue weighted by Gasteiger charge is 2.41. The van der Waals surface area contributed by atoms with Gasteiger partial charge in [-0.1, -0.05) is 31.3 Å². The van der Waals surface area contributed by atoms with Gasteiger partial charge in [0.25, 0.3) is 0 Å². The van der Waals surface area contributed by atoms with E-state index >= 15 is 0 Å². The molecule has 1 amide bonds. The van der Waals surface area contributed by atoms with Crippen molar-refractivity contribution in [1.82, 2.24) is 4.98 Å². The first-order valence-corrected chi connectivity index (χ1v) is 8.63. The van der Waals surface area contributed by atoms with Crippen LogP contribution in [0.15, 0.2) is 23.2 Å². The molecule has 6 heteroatoms. The number of aliphatic hydroxyl groups is 1. The number of fused-ring (bicyclic) bond motifs is 1. The van der Waals surface area contributed by atoms with Gasteiger partial charge in [-0.3, -0.25) is 4.79 Å². The molecule has 1 fully saturated rings. The van der Waals surface area contributed by atoms with Crippen LogP contribution < -0.4 is 5.32 Å². The first kappa shape index (κ1) is 16.1. The number of hydrogen-bond acceptors (Lipinski definition) is 5. The Labute approximate surface area is 139 Å². The highest BCUT2D eigenvalue weighted by Crippen LogP contribution is 2.34. The molecule has 5 nitrogen and oxygen atoms in total. The third-order valence-electron chi connectivity index (χ3n) is 4.15. The molecule has 23 heavy (non-hydrogen) atoms. The molecule has 122 valence electrons. The number of nitrogens with zero attached hydrogens (tertiary/aromatic N) is 2. The lowest BCUT2D eigenvalue weighted by atomic mass is 9.89. The van der Waals surface area contributed by atoms with Crippen LogP contribution in [0.3, 0.4) is 0 Å². The molecule has 1 aliphatic carbocycles. The zero-order chi connectivity index (χ0) is 16.6. The molecule has 0 radical (unpaired) electrons. The fourth-order valence-electron chi connectivity index (χ4n) is 2.67. The number of aliphatic imine (C=N–C) groups is 1. The third kappa shape index (κ3) is 3.43. The van der Waals surface area contributed by atoms with Gasteiger partial charge in [0.1, 0.15) is 0 Å². The summed E-state index contributed by atoms with van der Waals surface area (Å²) in [6.45, 7) is 4.35. The lowest BCUT2D eigenvalue weighted by molar-refractivity contribution is -0.117. The second-order valence-electron chi connectivity index (χ2n) is 6.32. The largest absolute Gasteiger partial charge is 0.392 e. The molecule has 1 saturated carbocycles. The first-order chi connectivity index (χ1) is 11.0. The number of rotatable bonds is 5. The predicted octanol–water partition coefficient (Wildman–Crippen LogP) is 3.06. The average Bonchev–Trinajstić information content (AvgIpc) is 3.10. The van der Waals surface area contributed by atoms with E-state index in [9.17, 15) is 9.90 Å². The van der Waals surface area contributed by atoms with Gasteiger partial charge in [-0.2, -0.15) is 0 Å². The third-order valence-corrected chi connectivity index (χ3v) is 5.08. The number of thiazole rings is 1. The van der Waals surface area contributed by atoms with E-state index in [1.54, 1.807) is 7.05 Å². The smallest absolute Gasteiger partial charge is 0.231 e. The number of hydrogen-bond donors (Lipinski definition) is 2. The Hall–Kier alpha value is -1.79. The topological polar surface area (TPSA) is 74.6 Å². The molecule has 2 aromatic rings. The van der Waals surface area contributed by atoms with Gasteiger partial charge in [-0.25, -0.2) is 4.98 Å².